The second kappa shape index (κ2) is 4.24. The van der Waals surface area contributed by atoms with Gasteiger partial charge in [0.25, 0.3) is 0 Å². The average Bonchev–Trinajstić information content (AvgIpc) is 2.58. The van der Waals surface area contributed by atoms with Crippen LogP contribution in [0.5, 0.6) is 0 Å². The van der Waals surface area contributed by atoms with Gasteiger partial charge in [-0.3, -0.25) is 0 Å². The summed E-state index contributed by atoms with van der Waals surface area (Å²) < 4.78 is 6.02. The van der Waals surface area contributed by atoms with Gasteiger partial charge in [-0.05, 0) is 28.9 Å². The number of rotatable bonds is 2. The topological polar surface area (TPSA) is 64.9 Å². The maximum absolute atomic E-state index is 5.51. The molecular formula is C9H8BrN3OS. The molecule has 2 heterocycles. The predicted molar refractivity (Wildman–Crippen MR) is 61.7 cm³/mol. The van der Waals surface area contributed by atoms with Crippen LogP contribution in [0.1, 0.15) is 5.76 Å². The van der Waals surface area contributed by atoms with Gasteiger partial charge >= 0.3 is 0 Å². The van der Waals surface area contributed by atoms with Crippen molar-refractivity contribution in [2.75, 3.05) is 5.73 Å². The summed E-state index contributed by atoms with van der Waals surface area (Å²) in [6.07, 6.45) is 3.29. The summed E-state index contributed by atoms with van der Waals surface area (Å²) in [7, 11) is 0. The standard InChI is InChI=1S/C9H8BrN3OS/c1-5-7(2-3-14-5)15-8-6(10)4-12-9(11)13-8/h2-4H,1H3,(H2,11,12,13). The molecule has 0 radical (unpaired) electrons. The molecule has 0 amide bonds. The molecule has 0 saturated heterocycles. The maximum atomic E-state index is 5.51. The van der Waals surface area contributed by atoms with E-state index in [2.05, 4.69) is 25.9 Å². The molecule has 0 aromatic carbocycles. The number of aryl methyl sites for hydroxylation is 1. The van der Waals surface area contributed by atoms with Crippen LogP contribution in [-0.2, 0) is 0 Å². The second-order valence-corrected chi connectivity index (χ2v) is 4.71. The number of hydrogen-bond donors (Lipinski definition) is 1. The van der Waals surface area contributed by atoms with Crippen LogP contribution in [0.25, 0.3) is 0 Å². The van der Waals surface area contributed by atoms with Gasteiger partial charge in [0.1, 0.15) is 10.8 Å². The number of halogens is 1. The molecular weight excluding hydrogens is 278 g/mol. The third kappa shape index (κ3) is 2.32. The van der Waals surface area contributed by atoms with E-state index in [1.165, 1.54) is 11.8 Å². The first kappa shape index (κ1) is 10.5. The second-order valence-electron chi connectivity index (χ2n) is 2.82. The molecule has 0 aliphatic heterocycles. The third-order valence-electron chi connectivity index (χ3n) is 1.75. The number of aromatic nitrogens is 2. The van der Waals surface area contributed by atoms with Gasteiger partial charge in [0, 0.05) is 6.20 Å². The summed E-state index contributed by atoms with van der Waals surface area (Å²) in [6.45, 7) is 1.90. The lowest BCUT2D eigenvalue weighted by Crippen LogP contribution is -1.95. The zero-order chi connectivity index (χ0) is 10.8. The van der Waals surface area contributed by atoms with E-state index in [0.29, 0.717) is 0 Å². The lowest BCUT2D eigenvalue weighted by Gasteiger charge is -2.02. The average molecular weight is 286 g/mol. The van der Waals surface area contributed by atoms with Crippen LogP contribution in [0.4, 0.5) is 5.95 Å². The zero-order valence-electron chi connectivity index (χ0n) is 7.90. The Labute approximate surface area is 99.4 Å². The lowest BCUT2D eigenvalue weighted by molar-refractivity contribution is 0.527. The van der Waals surface area contributed by atoms with E-state index in [-0.39, 0.29) is 5.95 Å². The molecule has 4 nitrogen and oxygen atoms in total. The summed E-state index contributed by atoms with van der Waals surface area (Å²) in [5, 5.41) is 0.784. The Hall–Kier alpha value is -1.01. The minimum absolute atomic E-state index is 0.266. The summed E-state index contributed by atoms with van der Waals surface area (Å²) in [5.41, 5.74) is 5.51. The molecule has 0 atom stereocenters. The molecule has 2 rings (SSSR count). The fourth-order valence-corrected chi connectivity index (χ4v) is 2.27. The molecule has 0 saturated carbocycles. The van der Waals surface area contributed by atoms with E-state index in [1.807, 2.05) is 13.0 Å². The van der Waals surface area contributed by atoms with E-state index in [9.17, 15) is 0 Å². The molecule has 2 aromatic rings. The summed E-state index contributed by atoms with van der Waals surface area (Å²) in [4.78, 5) is 9.03. The molecule has 0 aliphatic carbocycles. The van der Waals surface area contributed by atoms with Gasteiger partial charge in [-0.15, -0.1) is 0 Å². The quantitative estimate of drug-likeness (QED) is 0.860. The molecule has 0 aliphatic rings. The van der Waals surface area contributed by atoms with Crippen molar-refractivity contribution < 1.29 is 4.42 Å². The number of nitrogen functional groups attached to an aromatic ring is 1. The largest absolute Gasteiger partial charge is 0.468 e. The molecule has 0 unspecified atom stereocenters. The Kier molecular flexibility index (Phi) is 2.97. The molecule has 0 bridgehead atoms. The molecule has 78 valence electrons. The van der Waals surface area contributed by atoms with Crippen molar-refractivity contribution in [1.29, 1.82) is 0 Å². The van der Waals surface area contributed by atoms with Crippen LogP contribution in [0, 0.1) is 6.92 Å². The van der Waals surface area contributed by atoms with Crippen molar-refractivity contribution in [3.63, 3.8) is 0 Å². The molecule has 0 fully saturated rings. The molecule has 2 aromatic heterocycles. The molecule has 6 heteroatoms. The smallest absolute Gasteiger partial charge is 0.221 e. The van der Waals surface area contributed by atoms with Gasteiger partial charge < -0.3 is 10.2 Å². The Bertz CT molecular complexity index is 486. The molecule has 15 heavy (non-hydrogen) atoms. The monoisotopic (exact) mass is 285 g/mol. The van der Waals surface area contributed by atoms with Crippen molar-refractivity contribution in [1.82, 2.24) is 9.97 Å². The van der Waals surface area contributed by atoms with Gasteiger partial charge in [-0.2, -0.15) is 0 Å². The van der Waals surface area contributed by atoms with E-state index in [4.69, 9.17) is 10.2 Å². The highest BCUT2D eigenvalue weighted by Crippen LogP contribution is 2.33. The van der Waals surface area contributed by atoms with Crippen LogP contribution in [0.2, 0.25) is 0 Å². The van der Waals surface area contributed by atoms with Gasteiger partial charge in [0.05, 0.1) is 15.6 Å². The molecule has 0 spiro atoms. The van der Waals surface area contributed by atoms with Crippen LogP contribution in [0.15, 0.2) is 37.3 Å². The highest BCUT2D eigenvalue weighted by atomic mass is 79.9. The third-order valence-corrected chi connectivity index (χ3v) is 3.74. The summed E-state index contributed by atoms with van der Waals surface area (Å²) >= 11 is 4.86. The van der Waals surface area contributed by atoms with Crippen LogP contribution < -0.4 is 5.73 Å². The number of hydrogen-bond acceptors (Lipinski definition) is 5. The van der Waals surface area contributed by atoms with E-state index >= 15 is 0 Å². The Morgan fingerprint density at radius 1 is 1.53 bits per heavy atom. The van der Waals surface area contributed by atoms with Crippen molar-refractivity contribution in [2.45, 2.75) is 16.8 Å². The highest BCUT2D eigenvalue weighted by Gasteiger charge is 2.09. The number of nitrogens with zero attached hydrogens (tertiary/aromatic N) is 2. The van der Waals surface area contributed by atoms with Crippen molar-refractivity contribution in [2.24, 2.45) is 0 Å². The van der Waals surface area contributed by atoms with E-state index in [0.717, 1.165) is 20.2 Å². The number of furan rings is 1. The maximum Gasteiger partial charge on any atom is 0.221 e. The van der Waals surface area contributed by atoms with Gasteiger partial charge in [-0.1, -0.05) is 11.8 Å². The Morgan fingerprint density at radius 3 is 3.00 bits per heavy atom. The highest BCUT2D eigenvalue weighted by molar-refractivity contribution is 9.10. The van der Waals surface area contributed by atoms with Gasteiger partial charge in [0.15, 0.2) is 0 Å². The lowest BCUT2D eigenvalue weighted by atomic mass is 10.5. The first-order valence-corrected chi connectivity index (χ1v) is 5.77. The van der Waals surface area contributed by atoms with E-state index in [1.54, 1.807) is 12.5 Å². The van der Waals surface area contributed by atoms with Crippen molar-refractivity contribution in [3.05, 3.63) is 28.8 Å². The van der Waals surface area contributed by atoms with E-state index < -0.39 is 0 Å². The van der Waals surface area contributed by atoms with Crippen LogP contribution >= 0.6 is 27.7 Å². The Morgan fingerprint density at radius 2 is 2.33 bits per heavy atom. The first-order valence-electron chi connectivity index (χ1n) is 4.17. The zero-order valence-corrected chi connectivity index (χ0v) is 10.3. The van der Waals surface area contributed by atoms with Crippen molar-refractivity contribution >= 4 is 33.6 Å². The summed E-state index contributed by atoms with van der Waals surface area (Å²) in [6, 6.07) is 1.89. The number of nitrogens with two attached hydrogens (primary N) is 1. The fourth-order valence-electron chi connectivity index (χ4n) is 1.02. The Balaban J connectivity index is 2.32. The number of anilines is 1. The van der Waals surface area contributed by atoms with Crippen molar-refractivity contribution in [3.8, 4) is 0 Å². The van der Waals surface area contributed by atoms with Crippen LogP contribution in [-0.4, -0.2) is 9.97 Å². The molecule has 2 N–H and O–H groups in total. The minimum Gasteiger partial charge on any atom is -0.468 e. The normalized spacial score (nSPS) is 10.5. The SMILES string of the molecule is Cc1occc1Sc1nc(N)ncc1Br. The van der Waals surface area contributed by atoms with Gasteiger partial charge in [-0.25, -0.2) is 9.97 Å². The minimum atomic E-state index is 0.266. The summed E-state index contributed by atoms with van der Waals surface area (Å²) in [5.74, 6) is 1.13. The first-order chi connectivity index (χ1) is 7.16. The fraction of sp³-hybridized carbons (Fsp3) is 0.111. The van der Waals surface area contributed by atoms with Gasteiger partial charge in [0.2, 0.25) is 5.95 Å². The predicted octanol–water partition coefficient (Wildman–Crippen LogP) is 2.87. The van der Waals surface area contributed by atoms with Crippen LogP contribution in [0.3, 0.4) is 0 Å².